The predicted octanol–water partition coefficient (Wildman–Crippen LogP) is 2.91. The van der Waals surface area contributed by atoms with Crippen LogP contribution in [0, 0.1) is 0 Å². The molecular formula is C16H15NO2S. The molecule has 1 aliphatic heterocycles. The number of nitrogens with zero attached hydrogens (tertiary/aromatic N) is 1. The summed E-state index contributed by atoms with van der Waals surface area (Å²) >= 11 is 5.58. The number of ether oxygens (including phenoxy) is 1. The Kier molecular flexibility index (Phi) is 3.40. The van der Waals surface area contributed by atoms with Gasteiger partial charge in [-0.15, -0.1) is 0 Å². The van der Waals surface area contributed by atoms with Crippen molar-refractivity contribution in [1.82, 2.24) is 4.57 Å². The Hall–Kier alpha value is -1.94. The Labute approximate surface area is 123 Å². The number of hydrogen-bond acceptors (Lipinski definition) is 3. The van der Waals surface area contributed by atoms with E-state index < -0.39 is 0 Å². The van der Waals surface area contributed by atoms with Gasteiger partial charge in [-0.25, -0.2) is 0 Å². The molecule has 2 heterocycles. The molecule has 1 atom stereocenters. The molecule has 1 aliphatic rings. The number of aromatic nitrogens is 1. The van der Waals surface area contributed by atoms with Crippen LogP contribution in [0.2, 0.25) is 0 Å². The third-order valence-corrected chi connectivity index (χ3v) is 4.21. The normalized spacial score (nSPS) is 16.8. The van der Waals surface area contributed by atoms with Crippen LogP contribution in [-0.4, -0.2) is 22.5 Å². The van der Waals surface area contributed by atoms with Crippen molar-refractivity contribution < 1.29 is 9.53 Å². The molecule has 0 aliphatic carbocycles. The molecule has 2 aromatic rings. The first-order valence-corrected chi connectivity index (χ1v) is 7.00. The van der Waals surface area contributed by atoms with Crippen molar-refractivity contribution in [2.45, 2.75) is 18.9 Å². The van der Waals surface area contributed by atoms with Crippen LogP contribution in [0.25, 0.3) is 0 Å². The van der Waals surface area contributed by atoms with Crippen LogP contribution in [-0.2, 0) is 16.1 Å². The maximum atomic E-state index is 11.8. The molecule has 0 amide bonds. The minimum Gasteiger partial charge on any atom is -0.469 e. The zero-order valence-corrected chi connectivity index (χ0v) is 12.0. The molecule has 0 fully saturated rings. The quantitative estimate of drug-likeness (QED) is 0.493. The highest BCUT2D eigenvalue weighted by molar-refractivity contribution is 7.81. The number of methoxy groups -OCH3 is 1. The van der Waals surface area contributed by atoms with Gasteiger partial charge in [0.05, 0.1) is 23.6 Å². The molecule has 3 nitrogen and oxygen atoms in total. The summed E-state index contributed by atoms with van der Waals surface area (Å²) in [5, 5.41) is 0. The average molecular weight is 285 g/mol. The maximum absolute atomic E-state index is 11.8. The van der Waals surface area contributed by atoms with Crippen LogP contribution in [0.5, 0.6) is 0 Å². The fourth-order valence-corrected chi connectivity index (χ4v) is 3.07. The second-order valence-corrected chi connectivity index (χ2v) is 5.26. The van der Waals surface area contributed by atoms with Crippen LogP contribution >= 0.6 is 12.2 Å². The van der Waals surface area contributed by atoms with Crippen molar-refractivity contribution in [3.63, 3.8) is 0 Å². The zero-order chi connectivity index (χ0) is 14.1. The minimum absolute atomic E-state index is 0.160. The lowest BCUT2D eigenvalue weighted by molar-refractivity contribution is -0.142. The predicted molar refractivity (Wildman–Crippen MR) is 81.1 cm³/mol. The molecule has 1 aromatic heterocycles. The molecular weight excluding hydrogens is 270 g/mol. The SMILES string of the molecule is COC(=O)C1CCn2c(C(=S)c3ccccc3)ccc21. The fraction of sp³-hybridized carbons (Fsp3) is 0.250. The van der Waals surface area contributed by atoms with Gasteiger partial charge in [0.2, 0.25) is 0 Å². The van der Waals surface area contributed by atoms with Gasteiger partial charge < -0.3 is 9.30 Å². The van der Waals surface area contributed by atoms with Crippen LogP contribution in [0.15, 0.2) is 42.5 Å². The van der Waals surface area contributed by atoms with Gasteiger partial charge in [0.1, 0.15) is 0 Å². The number of carbonyl (C=O) groups is 1. The highest BCUT2D eigenvalue weighted by atomic mass is 32.1. The van der Waals surface area contributed by atoms with E-state index in [1.165, 1.54) is 7.11 Å². The standard InChI is InChI=1S/C16H15NO2S/c1-19-16(18)12-9-10-17-13(12)7-8-14(17)15(20)11-5-3-2-4-6-11/h2-8,12H,9-10H2,1H3. The topological polar surface area (TPSA) is 31.2 Å². The largest absolute Gasteiger partial charge is 0.469 e. The molecule has 1 unspecified atom stereocenters. The monoisotopic (exact) mass is 285 g/mol. The summed E-state index contributed by atoms with van der Waals surface area (Å²) in [5.74, 6) is -0.327. The van der Waals surface area contributed by atoms with E-state index in [1.807, 2.05) is 42.5 Å². The first-order valence-electron chi connectivity index (χ1n) is 6.59. The molecule has 4 heteroatoms. The second-order valence-electron chi connectivity index (χ2n) is 4.85. The molecule has 3 rings (SSSR count). The van der Waals surface area contributed by atoms with Crippen LogP contribution in [0.4, 0.5) is 0 Å². The summed E-state index contributed by atoms with van der Waals surface area (Å²) in [6.45, 7) is 0.810. The van der Waals surface area contributed by atoms with Crippen molar-refractivity contribution in [1.29, 1.82) is 0 Å². The molecule has 0 radical (unpaired) electrons. The summed E-state index contributed by atoms with van der Waals surface area (Å²) in [6, 6.07) is 13.9. The van der Waals surface area contributed by atoms with Crippen LogP contribution in [0.1, 0.15) is 29.3 Å². The van der Waals surface area contributed by atoms with Crippen molar-refractivity contribution >= 4 is 23.1 Å². The van der Waals surface area contributed by atoms with Gasteiger partial charge >= 0.3 is 5.97 Å². The minimum atomic E-state index is -0.168. The van der Waals surface area contributed by atoms with Crippen LogP contribution in [0.3, 0.4) is 0 Å². The lowest BCUT2D eigenvalue weighted by Gasteiger charge is -2.08. The van der Waals surface area contributed by atoms with Gasteiger partial charge in [-0.2, -0.15) is 0 Å². The molecule has 0 N–H and O–H groups in total. The lowest BCUT2D eigenvalue weighted by Crippen LogP contribution is -2.11. The van der Waals surface area contributed by atoms with Gasteiger partial charge in [-0.05, 0) is 24.1 Å². The molecule has 0 saturated carbocycles. The molecule has 0 bridgehead atoms. The molecule has 102 valence electrons. The number of benzene rings is 1. The van der Waals surface area contributed by atoms with Gasteiger partial charge in [0, 0.05) is 12.2 Å². The highest BCUT2D eigenvalue weighted by Crippen LogP contribution is 2.32. The number of hydrogen-bond donors (Lipinski definition) is 0. The molecule has 20 heavy (non-hydrogen) atoms. The van der Waals surface area contributed by atoms with Gasteiger partial charge in [0.25, 0.3) is 0 Å². The number of fused-ring (bicyclic) bond motifs is 1. The van der Waals surface area contributed by atoms with Crippen molar-refractivity contribution in [2.75, 3.05) is 7.11 Å². The second kappa shape index (κ2) is 5.21. The Morgan fingerprint density at radius 3 is 2.70 bits per heavy atom. The van der Waals surface area contributed by atoms with Crippen molar-refractivity contribution in [2.24, 2.45) is 0 Å². The molecule has 1 aromatic carbocycles. The maximum Gasteiger partial charge on any atom is 0.314 e. The van der Waals surface area contributed by atoms with E-state index in [9.17, 15) is 4.79 Å². The zero-order valence-electron chi connectivity index (χ0n) is 11.2. The van der Waals surface area contributed by atoms with E-state index in [1.54, 1.807) is 0 Å². The first kappa shape index (κ1) is 13.1. The Balaban J connectivity index is 1.95. The molecule has 0 spiro atoms. The van der Waals surface area contributed by atoms with E-state index in [0.29, 0.717) is 0 Å². The third-order valence-electron chi connectivity index (χ3n) is 3.77. The fourth-order valence-electron chi connectivity index (χ4n) is 2.76. The van der Waals surface area contributed by atoms with E-state index >= 15 is 0 Å². The first-order chi connectivity index (χ1) is 9.72. The Morgan fingerprint density at radius 1 is 1.25 bits per heavy atom. The van der Waals surface area contributed by atoms with Crippen LogP contribution < -0.4 is 0 Å². The highest BCUT2D eigenvalue weighted by Gasteiger charge is 2.31. The number of carbonyl (C=O) groups excluding carboxylic acids is 1. The van der Waals surface area contributed by atoms with E-state index in [4.69, 9.17) is 17.0 Å². The molecule has 0 saturated heterocycles. The summed E-state index contributed by atoms with van der Waals surface area (Å²) in [7, 11) is 1.43. The average Bonchev–Trinajstić information content (AvgIpc) is 3.08. The van der Waals surface area contributed by atoms with E-state index in [0.717, 1.165) is 34.8 Å². The smallest absolute Gasteiger partial charge is 0.314 e. The number of rotatable bonds is 3. The van der Waals surface area contributed by atoms with E-state index in [2.05, 4.69) is 4.57 Å². The number of esters is 1. The van der Waals surface area contributed by atoms with E-state index in [-0.39, 0.29) is 11.9 Å². The van der Waals surface area contributed by atoms with Crippen molar-refractivity contribution in [3.8, 4) is 0 Å². The van der Waals surface area contributed by atoms with Gasteiger partial charge in [0.15, 0.2) is 0 Å². The van der Waals surface area contributed by atoms with Gasteiger partial charge in [-0.3, -0.25) is 4.79 Å². The summed E-state index contributed by atoms with van der Waals surface area (Å²) < 4.78 is 7.00. The Morgan fingerprint density at radius 2 is 2.00 bits per heavy atom. The number of thiocarbonyl (C=S) groups is 1. The van der Waals surface area contributed by atoms with Gasteiger partial charge in [-0.1, -0.05) is 42.5 Å². The lowest BCUT2D eigenvalue weighted by atomic mass is 10.1. The van der Waals surface area contributed by atoms with Crippen molar-refractivity contribution in [3.05, 3.63) is 59.4 Å². The summed E-state index contributed by atoms with van der Waals surface area (Å²) in [5.41, 5.74) is 3.04. The summed E-state index contributed by atoms with van der Waals surface area (Å²) in [6.07, 6.45) is 0.785. The summed E-state index contributed by atoms with van der Waals surface area (Å²) in [4.78, 5) is 12.6. The third kappa shape index (κ3) is 2.06. The Bertz CT molecular complexity index is 660.